The first-order valence-electron chi connectivity index (χ1n) is 6.71. The van der Waals surface area contributed by atoms with Crippen molar-refractivity contribution in [3.05, 3.63) is 35.1 Å². The molecular weight excluding hydrogens is 400 g/mol. The molecule has 12 heteroatoms. The van der Waals surface area contributed by atoms with Gasteiger partial charge >= 0.3 is 12.1 Å². The Labute approximate surface area is 151 Å². The lowest BCUT2D eigenvalue weighted by molar-refractivity contribution is -0.167. The minimum atomic E-state index is -5.17. The van der Waals surface area contributed by atoms with Gasteiger partial charge < -0.3 is 15.8 Å². The van der Waals surface area contributed by atoms with E-state index in [0.29, 0.717) is 21.5 Å². The summed E-state index contributed by atoms with van der Waals surface area (Å²) in [6, 6.07) is 4.53. The molecule has 26 heavy (non-hydrogen) atoms. The first-order chi connectivity index (χ1) is 12.1. The predicted molar refractivity (Wildman–Crippen MR) is 88.0 cm³/mol. The third-order valence-electron chi connectivity index (χ3n) is 2.99. The Kier molecular flexibility index (Phi) is 4.59. The Bertz CT molecular complexity index is 1010. The zero-order valence-corrected chi connectivity index (χ0v) is 14.0. The van der Waals surface area contributed by atoms with E-state index in [1.807, 2.05) is 0 Å². The molecule has 0 aliphatic carbocycles. The fourth-order valence-electron chi connectivity index (χ4n) is 1.88. The minimum absolute atomic E-state index is 0.0303. The van der Waals surface area contributed by atoms with E-state index >= 15 is 0 Å². The van der Waals surface area contributed by atoms with E-state index in [4.69, 9.17) is 22.1 Å². The Morgan fingerprint density at radius 2 is 2.00 bits per heavy atom. The van der Waals surface area contributed by atoms with Crippen molar-refractivity contribution in [3.63, 3.8) is 0 Å². The summed E-state index contributed by atoms with van der Waals surface area (Å²) in [7, 11) is 0. The maximum Gasteiger partial charge on any atom is 0.471 e. The Balaban J connectivity index is 1.91. The molecule has 0 aliphatic heterocycles. The molecule has 0 unspecified atom stereocenters. The molecule has 3 aromatic rings. The molecule has 0 aliphatic rings. The van der Waals surface area contributed by atoms with E-state index < -0.39 is 23.6 Å². The lowest BCUT2D eigenvalue weighted by Gasteiger charge is -2.12. The number of nitrogen functional groups attached to an aromatic ring is 1. The quantitative estimate of drug-likeness (QED) is 0.631. The van der Waals surface area contributed by atoms with Crippen molar-refractivity contribution >= 4 is 50.0 Å². The number of nitrogens with one attached hydrogen (secondary N) is 1. The first kappa shape index (κ1) is 18.1. The van der Waals surface area contributed by atoms with Crippen LogP contribution in [0.15, 0.2) is 24.3 Å². The highest BCUT2D eigenvalue weighted by Crippen LogP contribution is 2.35. The Hall–Kier alpha value is -2.66. The van der Waals surface area contributed by atoms with Crippen LogP contribution in [-0.2, 0) is 4.79 Å². The minimum Gasteiger partial charge on any atom is -0.437 e. The fraction of sp³-hybridized carbons (Fsp3) is 0.0714. The Morgan fingerprint density at radius 3 is 2.69 bits per heavy atom. The number of carbonyl (C=O) groups is 1. The summed E-state index contributed by atoms with van der Waals surface area (Å²) in [5.41, 5.74) is 5.36. The van der Waals surface area contributed by atoms with Crippen molar-refractivity contribution in [2.45, 2.75) is 6.18 Å². The zero-order chi connectivity index (χ0) is 19.1. The largest absolute Gasteiger partial charge is 0.471 e. The second-order valence-electron chi connectivity index (χ2n) is 4.84. The van der Waals surface area contributed by atoms with Gasteiger partial charge in [0.05, 0.1) is 10.7 Å². The van der Waals surface area contributed by atoms with Gasteiger partial charge in [0.2, 0.25) is 5.88 Å². The summed E-state index contributed by atoms with van der Waals surface area (Å²) in [6.45, 7) is 0. The molecule has 0 radical (unpaired) electrons. The highest BCUT2D eigenvalue weighted by molar-refractivity contribution is 7.21. The molecule has 0 saturated heterocycles. The number of thiazole rings is 1. The Morgan fingerprint density at radius 1 is 1.27 bits per heavy atom. The smallest absolute Gasteiger partial charge is 0.437 e. The number of hydrogen-bond donors (Lipinski definition) is 2. The summed E-state index contributed by atoms with van der Waals surface area (Å²) in [5, 5.41) is 1.48. The molecule has 0 saturated carbocycles. The van der Waals surface area contributed by atoms with Crippen LogP contribution < -0.4 is 15.8 Å². The van der Waals surface area contributed by atoms with E-state index in [1.165, 1.54) is 11.4 Å². The van der Waals surface area contributed by atoms with Gasteiger partial charge in [-0.2, -0.15) is 13.2 Å². The van der Waals surface area contributed by atoms with E-state index in [0.717, 1.165) is 17.4 Å². The molecular formula is C14H7ClF4N4O2S. The van der Waals surface area contributed by atoms with Crippen LogP contribution in [0.4, 0.5) is 28.4 Å². The van der Waals surface area contributed by atoms with Gasteiger partial charge in [0.1, 0.15) is 21.9 Å². The van der Waals surface area contributed by atoms with Gasteiger partial charge in [-0.25, -0.2) is 14.4 Å². The topological polar surface area (TPSA) is 90.1 Å². The molecule has 0 atom stereocenters. The highest BCUT2D eigenvalue weighted by atomic mass is 35.5. The molecule has 0 bridgehead atoms. The summed E-state index contributed by atoms with van der Waals surface area (Å²) in [4.78, 5) is 19.6. The third kappa shape index (κ3) is 3.78. The van der Waals surface area contributed by atoms with E-state index in [-0.39, 0.29) is 16.7 Å². The average Bonchev–Trinajstić information content (AvgIpc) is 2.90. The number of rotatable bonds is 3. The van der Waals surface area contributed by atoms with E-state index in [2.05, 4.69) is 9.97 Å². The van der Waals surface area contributed by atoms with Crippen molar-refractivity contribution in [3.8, 4) is 11.6 Å². The lowest BCUT2D eigenvalue weighted by Crippen LogP contribution is -2.30. The van der Waals surface area contributed by atoms with Crippen LogP contribution in [0.1, 0.15) is 0 Å². The van der Waals surface area contributed by atoms with Gasteiger partial charge in [-0.05, 0) is 12.1 Å². The average molecular weight is 407 g/mol. The number of pyridine rings is 1. The second-order valence-corrected chi connectivity index (χ2v) is 6.26. The van der Waals surface area contributed by atoms with Crippen molar-refractivity contribution < 1.29 is 27.1 Å². The predicted octanol–water partition coefficient (Wildman–Crippen LogP) is 4.36. The highest BCUT2D eigenvalue weighted by Gasteiger charge is 2.39. The third-order valence-corrected chi connectivity index (χ3v) is 4.08. The maximum absolute atomic E-state index is 13.8. The molecule has 1 amide bonds. The lowest BCUT2D eigenvalue weighted by atomic mass is 10.2. The van der Waals surface area contributed by atoms with Gasteiger partial charge in [-0.1, -0.05) is 22.9 Å². The molecule has 136 valence electrons. The number of alkyl halides is 3. The van der Waals surface area contributed by atoms with Crippen LogP contribution in [0, 0.1) is 5.82 Å². The first-order valence-corrected chi connectivity index (χ1v) is 7.91. The van der Waals surface area contributed by atoms with Crippen LogP contribution in [0.2, 0.25) is 5.02 Å². The summed E-state index contributed by atoms with van der Waals surface area (Å²) >= 11 is 6.94. The summed E-state index contributed by atoms with van der Waals surface area (Å²) < 4.78 is 56.1. The number of benzene rings is 1. The number of hydrogen-bond acceptors (Lipinski definition) is 6. The van der Waals surface area contributed by atoms with E-state index in [9.17, 15) is 22.4 Å². The van der Waals surface area contributed by atoms with Crippen LogP contribution in [0.5, 0.6) is 11.6 Å². The number of nitrogens with zero attached hydrogens (tertiary/aromatic N) is 2. The van der Waals surface area contributed by atoms with Crippen LogP contribution >= 0.6 is 22.9 Å². The summed E-state index contributed by atoms with van der Waals surface area (Å²) in [6.07, 6.45) is -5.17. The van der Waals surface area contributed by atoms with Crippen LogP contribution in [-0.4, -0.2) is 22.1 Å². The molecule has 2 heterocycles. The molecule has 2 aromatic heterocycles. The second kappa shape index (κ2) is 6.57. The van der Waals surface area contributed by atoms with Gasteiger partial charge in [0, 0.05) is 12.1 Å². The molecule has 0 fully saturated rings. The van der Waals surface area contributed by atoms with Crippen molar-refractivity contribution in [2.75, 3.05) is 11.1 Å². The molecule has 1 aromatic carbocycles. The van der Waals surface area contributed by atoms with Crippen molar-refractivity contribution in [1.29, 1.82) is 0 Å². The summed E-state index contributed by atoms with van der Waals surface area (Å²) in [5.74, 6) is -3.65. The van der Waals surface area contributed by atoms with Crippen LogP contribution in [0.3, 0.4) is 0 Å². The number of nitrogens with two attached hydrogens (primary N) is 1. The maximum atomic E-state index is 13.8. The van der Waals surface area contributed by atoms with Crippen molar-refractivity contribution in [2.24, 2.45) is 0 Å². The zero-order valence-electron chi connectivity index (χ0n) is 12.4. The number of amides is 1. The SMILES string of the molecule is Nc1nc2ccc(Oc3cc(NC(=O)C(F)(F)F)c(F)cc3Cl)nc2s1. The van der Waals surface area contributed by atoms with Gasteiger partial charge in [0.15, 0.2) is 5.13 Å². The number of anilines is 2. The number of ether oxygens (including phenoxy) is 1. The van der Waals surface area contributed by atoms with Gasteiger partial charge in [0.25, 0.3) is 0 Å². The molecule has 3 rings (SSSR count). The molecule has 0 spiro atoms. The number of halogens is 5. The standard InChI is InChI=1S/C14H7ClF4N4O2S/c15-5-3-6(16)8(21-12(24)14(17,18)19)4-9(5)25-10-2-1-7-11(23-10)26-13(20)22-7/h1-4H,(H2,20,22)(H,21,24). The fourth-order valence-corrected chi connectivity index (χ4v) is 2.77. The monoisotopic (exact) mass is 406 g/mol. The van der Waals surface area contributed by atoms with Gasteiger partial charge in [-0.15, -0.1) is 0 Å². The van der Waals surface area contributed by atoms with Crippen molar-refractivity contribution in [1.82, 2.24) is 9.97 Å². The molecule has 3 N–H and O–H groups in total. The number of aromatic nitrogens is 2. The molecule has 6 nitrogen and oxygen atoms in total. The number of fused-ring (bicyclic) bond motifs is 1. The van der Waals surface area contributed by atoms with Gasteiger partial charge in [-0.3, -0.25) is 4.79 Å². The normalized spacial score (nSPS) is 11.6. The number of carbonyl (C=O) groups excluding carboxylic acids is 1. The van der Waals surface area contributed by atoms with E-state index in [1.54, 1.807) is 6.07 Å². The van der Waals surface area contributed by atoms with Crippen LogP contribution in [0.25, 0.3) is 10.3 Å².